The summed E-state index contributed by atoms with van der Waals surface area (Å²) in [5.41, 5.74) is 0.721. The van der Waals surface area contributed by atoms with Crippen LogP contribution in [0.2, 0.25) is 0 Å². The minimum absolute atomic E-state index is 0.0583. The van der Waals surface area contributed by atoms with E-state index in [0.717, 1.165) is 56.9 Å². The molecule has 0 saturated heterocycles. The van der Waals surface area contributed by atoms with Gasteiger partial charge in [0.1, 0.15) is 6.04 Å². The quantitative estimate of drug-likeness (QED) is 0.722. The van der Waals surface area contributed by atoms with Gasteiger partial charge in [0.05, 0.1) is 0 Å². The van der Waals surface area contributed by atoms with Crippen molar-refractivity contribution >= 4 is 17.7 Å². The average molecular weight is 400 g/mol. The van der Waals surface area contributed by atoms with Gasteiger partial charge in [0.15, 0.2) is 0 Å². The predicted octanol–water partition coefficient (Wildman–Crippen LogP) is 3.08. The third-order valence-electron chi connectivity index (χ3n) is 6.02. The number of hydrogen-bond donors (Lipinski definition) is 2. The second-order valence-corrected chi connectivity index (χ2v) is 8.56. The van der Waals surface area contributed by atoms with Crippen LogP contribution in [0.1, 0.15) is 76.8 Å². The van der Waals surface area contributed by atoms with Gasteiger partial charge in [-0.25, -0.2) is 0 Å². The van der Waals surface area contributed by atoms with E-state index >= 15 is 0 Å². The van der Waals surface area contributed by atoms with E-state index < -0.39 is 17.9 Å². The first kappa shape index (κ1) is 21.3. The molecule has 0 radical (unpaired) electrons. The highest BCUT2D eigenvalue weighted by Crippen LogP contribution is 2.26. The molecule has 3 rings (SSSR count). The predicted molar refractivity (Wildman–Crippen MR) is 112 cm³/mol. The summed E-state index contributed by atoms with van der Waals surface area (Å²) in [5, 5.41) is 5.99. The summed E-state index contributed by atoms with van der Waals surface area (Å²) < 4.78 is 0. The molecule has 0 bridgehead atoms. The molecule has 2 fully saturated rings. The number of nitrogens with zero attached hydrogens (tertiary/aromatic N) is 1. The summed E-state index contributed by atoms with van der Waals surface area (Å²) in [7, 11) is 0. The Morgan fingerprint density at radius 2 is 1.38 bits per heavy atom. The summed E-state index contributed by atoms with van der Waals surface area (Å²) in [6.07, 6.45) is 8.11. The van der Waals surface area contributed by atoms with Gasteiger partial charge in [0.25, 0.3) is 0 Å². The van der Waals surface area contributed by atoms with E-state index in [2.05, 4.69) is 10.6 Å². The molecule has 29 heavy (non-hydrogen) atoms. The van der Waals surface area contributed by atoms with Crippen molar-refractivity contribution in [3.05, 3.63) is 35.9 Å². The Balaban J connectivity index is 1.83. The number of rotatable bonds is 6. The van der Waals surface area contributed by atoms with Gasteiger partial charge < -0.3 is 15.5 Å². The van der Waals surface area contributed by atoms with Gasteiger partial charge in [-0.15, -0.1) is 0 Å². The van der Waals surface area contributed by atoms with Crippen molar-refractivity contribution in [3.8, 4) is 0 Å². The van der Waals surface area contributed by atoms with Gasteiger partial charge in [-0.2, -0.15) is 0 Å². The van der Waals surface area contributed by atoms with E-state index in [4.69, 9.17) is 0 Å². The lowest BCUT2D eigenvalue weighted by Gasteiger charge is -2.35. The summed E-state index contributed by atoms with van der Waals surface area (Å²) in [4.78, 5) is 40.6. The lowest BCUT2D eigenvalue weighted by molar-refractivity contribution is -0.152. The van der Waals surface area contributed by atoms with Crippen LogP contribution in [0.4, 0.5) is 0 Å². The summed E-state index contributed by atoms with van der Waals surface area (Å²) in [5.74, 6) is -1.46. The fourth-order valence-corrected chi connectivity index (χ4v) is 4.51. The van der Waals surface area contributed by atoms with Gasteiger partial charge in [-0.1, -0.05) is 56.0 Å². The highest BCUT2D eigenvalue weighted by Gasteiger charge is 2.37. The van der Waals surface area contributed by atoms with Gasteiger partial charge in [0.2, 0.25) is 5.91 Å². The van der Waals surface area contributed by atoms with Crippen LogP contribution in [0.5, 0.6) is 0 Å². The normalized spacial score (nSPS) is 18.6. The number of carbonyl (C=O) groups is 3. The van der Waals surface area contributed by atoms with E-state index in [1.807, 2.05) is 44.2 Å². The van der Waals surface area contributed by atoms with E-state index in [0.29, 0.717) is 0 Å². The Bertz CT molecular complexity index is 707. The van der Waals surface area contributed by atoms with Crippen LogP contribution in [0.15, 0.2) is 30.3 Å². The second-order valence-electron chi connectivity index (χ2n) is 8.56. The van der Waals surface area contributed by atoms with Crippen LogP contribution < -0.4 is 10.6 Å². The first-order valence-corrected chi connectivity index (χ1v) is 11.0. The molecule has 1 atom stereocenters. The molecule has 158 valence electrons. The molecule has 2 aliphatic rings. The zero-order chi connectivity index (χ0) is 20.8. The molecule has 0 aromatic heterocycles. The minimum atomic E-state index is -0.821. The largest absolute Gasteiger partial charge is 0.351 e. The molecule has 6 heteroatoms. The van der Waals surface area contributed by atoms with Crippen LogP contribution in [-0.2, 0) is 14.4 Å². The van der Waals surface area contributed by atoms with E-state index in [9.17, 15) is 14.4 Å². The Hall–Kier alpha value is -2.37. The van der Waals surface area contributed by atoms with Crippen molar-refractivity contribution < 1.29 is 14.4 Å². The van der Waals surface area contributed by atoms with E-state index in [-0.39, 0.29) is 24.0 Å². The van der Waals surface area contributed by atoms with Gasteiger partial charge in [-0.05, 0) is 45.1 Å². The molecule has 6 nitrogen and oxygen atoms in total. The molecule has 3 amide bonds. The molecule has 0 spiro atoms. The summed E-state index contributed by atoms with van der Waals surface area (Å²) in [6.45, 7) is 3.69. The maximum absolute atomic E-state index is 13.3. The molecule has 1 unspecified atom stereocenters. The van der Waals surface area contributed by atoms with Crippen molar-refractivity contribution in [3.63, 3.8) is 0 Å². The molecule has 0 heterocycles. The minimum Gasteiger partial charge on any atom is -0.351 e. The third-order valence-corrected chi connectivity index (χ3v) is 6.02. The molecular weight excluding hydrogens is 366 g/mol. The molecular formula is C23H33N3O3. The molecule has 2 aliphatic carbocycles. The maximum atomic E-state index is 13.3. The molecule has 2 N–H and O–H groups in total. The SMILES string of the molecule is CC(C)N(C(=O)C(=O)NC1CCCC1)C(C(=O)NC1CCCC1)c1ccccc1. The van der Waals surface area contributed by atoms with Gasteiger partial charge >= 0.3 is 11.8 Å². The van der Waals surface area contributed by atoms with Crippen LogP contribution >= 0.6 is 0 Å². The summed E-state index contributed by atoms with van der Waals surface area (Å²) >= 11 is 0. The number of hydrogen-bond acceptors (Lipinski definition) is 3. The fraction of sp³-hybridized carbons (Fsp3) is 0.609. The maximum Gasteiger partial charge on any atom is 0.313 e. The number of carbonyl (C=O) groups excluding carboxylic acids is 3. The monoisotopic (exact) mass is 399 g/mol. The second kappa shape index (κ2) is 9.90. The van der Waals surface area contributed by atoms with Crippen LogP contribution in [-0.4, -0.2) is 40.7 Å². The van der Waals surface area contributed by atoms with Crippen LogP contribution in [0, 0.1) is 0 Å². The number of benzene rings is 1. The molecule has 2 saturated carbocycles. The Kier molecular flexibility index (Phi) is 7.29. The average Bonchev–Trinajstić information content (AvgIpc) is 3.40. The Morgan fingerprint density at radius 1 is 0.862 bits per heavy atom. The van der Waals surface area contributed by atoms with Gasteiger partial charge in [-0.3, -0.25) is 14.4 Å². The van der Waals surface area contributed by atoms with Crippen molar-refractivity contribution in [1.29, 1.82) is 0 Å². The first-order chi connectivity index (χ1) is 14.0. The van der Waals surface area contributed by atoms with E-state index in [1.165, 1.54) is 4.90 Å². The third kappa shape index (κ3) is 5.37. The summed E-state index contributed by atoms with van der Waals surface area (Å²) in [6, 6.07) is 8.36. The van der Waals surface area contributed by atoms with Crippen molar-refractivity contribution in [2.24, 2.45) is 0 Å². The molecule has 1 aromatic carbocycles. The molecule has 1 aromatic rings. The Labute approximate surface area is 173 Å². The standard InChI is InChI=1S/C23H33N3O3/c1-16(2)26(23(29)22(28)25-19-14-8-9-15-19)20(17-10-4-3-5-11-17)21(27)24-18-12-6-7-13-18/h3-5,10-11,16,18-20H,6-9,12-15H2,1-2H3,(H,24,27)(H,25,28). The zero-order valence-corrected chi connectivity index (χ0v) is 17.5. The van der Waals surface area contributed by atoms with Gasteiger partial charge in [0, 0.05) is 18.1 Å². The number of amides is 3. The first-order valence-electron chi connectivity index (χ1n) is 11.0. The highest BCUT2D eigenvalue weighted by molar-refractivity contribution is 6.35. The van der Waals surface area contributed by atoms with Crippen molar-refractivity contribution in [1.82, 2.24) is 15.5 Å². The fourth-order valence-electron chi connectivity index (χ4n) is 4.51. The zero-order valence-electron chi connectivity index (χ0n) is 17.5. The smallest absolute Gasteiger partial charge is 0.313 e. The lowest BCUT2D eigenvalue weighted by atomic mass is 10.0. The number of nitrogens with one attached hydrogen (secondary N) is 2. The highest BCUT2D eigenvalue weighted by atomic mass is 16.2. The molecule has 0 aliphatic heterocycles. The van der Waals surface area contributed by atoms with Crippen LogP contribution in [0.3, 0.4) is 0 Å². The van der Waals surface area contributed by atoms with Crippen molar-refractivity contribution in [2.75, 3.05) is 0 Å². The van der Waals surface area contributed by atoms with Crippen molar-refractivity contribution in [2.45, 2.75) is 89.4 Å². The van der Waals surface area contributed by atoms with E-state index in [1.54, 1.807) is 0 Å². The Morgan fingerprint density at radius 3 is 1.90 bits per heavy atom. The van der Waals surface area contributed by atoms with Crippen LogP contribution in [0.25, 0.3) is 0 Å². The lowest BCUT2D eigenvalue weighted by Crippen LogP contribution is -2.53. The topological polar surface area (TPSA) is 78.5 Å².